The second kappa shape index (κ2) is 5.47. The quantitative estimate of drug-likeness (QED) is 0.656. The number of carbonyl (C=O) groups excluding carboxylic acids is 1. The summed E-state index contributed by atoms with van der Waals surface area (Å²) in [5.41, 5.74) is 0.963. The molecule has 0 unspecified atom stereocenters. The van der Waals surface area contributed by atoms with E-state index in [0.717, 1.165) is 11.1 Å². The summed E-state index contributed by atoms with van der Waals surface area (Å²) in [5.74, 6) is 0. The monoisotopic (exact) mass is 301 g/mol. The van der Waals surface area contributed by atoms with Gasteiger partial charge in [-0.25, -0.2) is 4.79 Å². The van der Waals surface area contributed by atoms with Crippen LogP contribution in [-0.2, 0) is 0 Å². The van der Waals surface area contributed by atoms with E-state index in [1.165, 1.54) is 12.3 Å². The van der Waals surface area contributed by atoms with E-state index < -0.39 is 4.92 Å². The molecule has 0 radical (unpaired) electrons. The number of pyridine rings is 1. The summed E-state index contributed by atoms with van der Waals surface area (Å²) < 4.78 is 0. The van der Waals surface area contributed by atoms with Gasteiger partial charge in [0.2, 0.25) is 0 Å². The number of nitro groups is 1. The van der Waals surface area contributed by atoms with Gasteiger partial charge >= 0.3 is 6.03 Å². The Bertz CT molecular complexity index is 742. The number of hydrogen-bond donors (Lipinski definition) is 2. The van der Waals surface area contributed by atoms with Crippen LogP contribution in [0.4, 0.5) is 16.2 Å². The predicted octanol–water partition coefficient (Wildman–Crippen LogP) is 1.26. The Morgan fingerprint density at radius 1 is 1.36 bits per heavy atom. The number of nitro benzene ring substituents is 1. The van der Waals surface area contributed by atoms with Crippen molar-refractivity contribution in [2.75, 3.05) is 25.0 Å². The van der Waals surface area contributed by atoms with Gasteiger partial charge in [-0.1, -0.05) is 0 Å². The molecule has 2 aromatic rings. The van der Waals surface area contributed by atoms with Gasteiger partial charge in [0.05, 0.1) is 16.4 Å². The molecular formula is C14H15N5O3. The molecule has 8 heteroatoms. The number of amides is 2. The SMILES string of the molecule is CNC(=O)NC1CN(c2ccc([N+](=O)[O-])c3cnccc23)C1. The molecule has 1 aromatic carbocycles. The van der Waals surface area contributed by atoms with E-state index in [-0.39, 0.29) is 17.8 Å². The lowest BCUT2D eigenvalue weighted by Gasteiger charge is -2.41. The second-order valence-electron chi connectivity index (χ2n) is 5.11. The third-order valence-electron chi connectivity index (χ3n) is 3.75. The molecule has 1 aromatic heterocycles. The molecule has 0 aliphatic carbocycles. The van der Waals surface area contributed by atoms with Crippen molar-refractivity contribution in [1.82, 2.24) is 15.6 Å². The second-order valence-corrected chi connectivity index (χ2v) is 5.11. The topological polar surface area (TPSA) is 100 Å². The van der Waals surface area contributed by atoms with Crippen molar-refractivity contribution in [3.05, 3.63) is 40.7 Å². The third kappa shape index (κ3) is 2.39. The zero-order chi connectivity index (χ0) is 15.7. The lowest BCUT2D eigenvalue weighted by atomic mass is 10.0. The molecule has 2 N–H and O–H groups in total. The zero-order valence-corrected chi connectivity index (χ0v) is 11.9. The summed E-state index contributed by atoms with van der Waals surface area (Å²) in [4.78, 5) is 28.0. The first-order valence-corrected chi connectivity index (χ1v) is 6.84. The van der Waals surface area contributed by atoms with Crippen molar-refractivity contribution in [3.8, 4) is 0 Å². The van der Waals surface area contributed by atoms with Crippen molar-refractivity contribution in [1.29, 1.82) is 0 Å². The highest BCUT2D eigenvalue weighted by Gasteiger charge is 2.30. The third-order valence-corrected chi connectivity index (χ3v) is 3.75. The minimum absolute atomic E-state index is 0.0485. The minimum Gasteiger partial charge on any atom is -0.367 e. The number of aromatic nitrogens is 1. The van der Waals surface area contributed by atoms with Crippen molar-refractivity contribution < 1.29 is 9.72 Å². The molecular weight excluding hydrogens is 286 g/mol. The zero-order valence-electron chi connectivity index (χ0n) is 11.9. The fraction of sp³-hybridized carbons (Fsp3) is 0.286. The molecule has 8 nitrogen and oxygen atoms in total. The number of fused-ring (bicyclic) bond motifs is 1. The number of urea groups is 1. The van der Waals surface area contributed by atoms with E-state index in [0.29, 0.717) is 18.5 Å². The maximum atomic E-state index is 11.3. The molecule has 0 saturated carbocycles. The fourth-order valence-electron chi connectivity index (χ4n) is 2.62. The van der Waals surface area contributed by atoms with Gasteiger partial charge in [0.15, 0.2) is 0 Å². The van der Waals surface area contributed by atoms with E-state index in [2.05, 4.69) is 20.5 Å². The molecule has 1 fully saturated rings. The van der Waals surface area contributed by atoms with Gasteiger partial charge in [-0.2, -0.15) is 0 Å². The lowest BCUT2D eigenvalue weighted by molar-refractivity contribution is -0.383. The van der Waals surface area contributed by atoms with E-state index in [4.69, 9.17) is 0 Å². The summed E-state index contributed by atoms with van der Waals surface area (Å²) >= 11 is 0. The highest BCUT2D eigenvalue weighted by atomic mass is 16.6. The van der Waals surface area contributed by atoms with Crippen molar-refractivity contribution >= 4 is 28.2 Å². The van der Waals surface area contributed by atoms with Crippen LogP contribution < -0.4 is 15.5 Å². The Hall–Kier alpha value is -2.90. The van der Waals surface area contributed by atoms with E-state index in [1.807, 2.05) is 0 Å². The molecule has 0 spiro atoms. The molecule has 1 aliphatic rings. The van der Waals surface area contributed by atoms with E-state index in [1.54, 1.807) is 25.4 Å². The molecule has 3 rings (SSSR count). The number of hydrogen-bond acceptors (Lipinski definition) is 5. The Morgan fingerprint density at radius 2 is 2.14 bits per heavy atom. The molecule has 2 amide bonds. The normalized spacial score (nSPS) is 14.5. The van der Waals surface area contributed by atoms with E-state index in [9.17, 15) is 14.9 Å². The Morgan fingerprint density at radius 3 is 2.82 bits per heavy atom. The maximum absolute atomic E-state index is 11.3. The lowest BCUT2D eigenvalue weighted by Crippen LogP contribution is -2.60. The number of non-ortho nitro benzene ring substituents is 1. The van der Waals surface area contributed by atoms with Gasteiger partial charge in [-0.15, -0.1) is 0 Å². The molecule has 114 valence electrons. The number of anilines is 1. The van der Waals surface area contributed by atoms with Crippen LogP contribution in [0, 0.1) is 10.1 Å². The number of rotatable bonds is 3. The minimum atomic E-state index is -0.403. The largest absolute Gasteiger partial charge is 0.367 e. The number of nitrogens with one attached hydrogen (secondary N) is 2. The smallest absolute Gasteiger partial charge is 0.314 e. The molecule has 1 aliphatic heterocycles. The Kier molecular flexibility index (Phi) is 3.50. The molecule has 2 heterocycles. The van der Waals surface area contributed by atoms with Crippen molar-refractivity contribution in [2.24, 2.45) is 0 Å². The van der Waals surface area contributed by atoms with Crippen LogP contribution in [0.3, 0.4) is 0 Å². The summed E-state index contributed by atoms with van der Waals surface area (Å²) in [5, 5.41) is 17.8. The Labute approximate surface area is 126 Å². The van der Waals surface area contributed by atoms with Crippen molar-refractivity contribution in [3.63, 3.8) is 0 Å². The van der Waals surface area contributed by atoms with E-state index >= 15 is 0 Å². The van der Waals surface area contributed by atoms with Crippen LogP contribution in [0.5, 0.6) is 0 Å². The Balaban J connectivity index is 1.86. The van der Waals surface area contributed by atoms with Crippen LogP contribution in [-0.4, -0.2) is 42.1 Å². The molecule has 1 saturated heterocycles. The summed E-state index contributed by atoms with van der Waals surface area (Å²) in [6, 6.07) is 4.89. The molecule has 0 bridgehead atoms. The van der Waals surface area contributed by atoms with Crippen LogP contribution in [0.2, 0.25) is 0 Å². The summed E-state index contributed by atoms with van der Waals surface area (Å²) in [7, 11) is 1.57. The first-order valence-electron chi connectivity index (χ1n) is 6.84. The van der Waals surface area contributed by atoms with Crippen LogP contribution in [0.25, 0.3) is 10.8 Å². The summed E-state index contributed by atoms with van der Waals surface area (Å²) in [6.45, 7) is 1.34. The molecule has 0 atom stereocenters. The number of benzene rings is 1. The molecule has 22 heavy (non-hydrogen) atoms. The van der Waals surface area contributed by atoms with Crippen molar-refractivity contribution in [2.45, 2.75) is 6.04 Å². The van der Waals surface area contributed by atoms with Gasteiger partial charge in [-0.3, -0.25) is 15.1 Å². The summed E-state index contributed by atoms with van der Waals surface area (Å²) in [6.07, 6.45) is 3.13. The number of nitrogens with zero attached hydrogens (tertiary/aromatic N) is 3. The maximum Gasteiger partial charge on any atom is 0.314 e. The van der Waals surface area contributed by atoms with Gasteiger partial charge in [0, 0.05) is 49.7 Å². The van der Waals surface area contributed by atoms with Crippen LogP contribution in [0.1, 0.15) is 0 Å². The standard InChI is InChI=1S/C14H15N5O3/c1-15-14(20)17-9-7-18(8-9)12-2-3-13(19(21)22)11-6-16-5-4-10(11)12/h2-6,9H,7-8H2,1H3,(H2,15,17,20). The van der Waals surface area contributed by atoms with Gasteiger partial charge in [0.1, 0.15) is 0 Å². The van der Waals surface area contributed by atoms with Crippen LogP contribution >= 0.6 is 0 Å². The average molecular weight is 301 g/mol. The average Bonchev–Trinajstić information content (AvgIpc) is 2.49. The highest BCUT2D eigenvalue weighted by molar-refractivity contribution is 5.99. The predicted molar refractivity (Wildman–Crippen MR) is 82.0 cm³/mol. The first kappa shape index (κ1) is 14.1. The first-order chi connectivity index (χ1) is 10.6. The van der Waals surface area contributed by atoms with Gasteiger partial charge in [0.25, 0.3) is 5.69 Å². The fourth-order valence-corrected chi connectivity index (χ4v) is 2.62. The van der Waals surface area contributed by atoms with Gasteiger partial charge in [-0.05, 0) is 12.1 Å². The van der Waals surface area contributed by atoms with Crippen LogP contribution in [0.15, 0.2) is 30.6 Å². The van der Waals surface area contributed by atoms with Gasteiger partial charge < -0.3 is 15.5 Å². The highest BCUT2D eigenvalue weighted by Crippen LogP contribution is 2.34. The number of carbonyl (C=O) groups is 1.